The monoisotopic (exact) mass is 252 g/mol. The molecule has 18 heavy (non-hydrogen) atoms. The number of rotatable bonds is 7. The highest BCUT2D eigenvalue weighted by atomic mass is 16.5. The van der Waals surface area contributed by atoms with Crippen molar-refractivity contribution in [2.75, 3.05) is 26.8 Å². The van der Waals surface area contributed by atoms with Crippen LogP contribution in [0.15, 0.2) is 18.5 Å². The Morgan fingerprint density at radius 3 is 2.89 bits per heavy atom. The molecule has 0 fully saturated rings. The van der Waals surface area contributed by atoms with Crippen LogP contribution in [0.2, 0.25) is 0 Å². The summed E-state index contributed by atoms with van der Waals surface area (Å²) in [6.07, 6.45) is 5.00. The molecule has 0 bridgehead atoms. The summed E-state index contributed by atoms with van der Waals surface area (Å²) in [4.78, 5) is 17.9. The molecule has 1 amide bonds. The average Bonchev–Trinajstić information content (AvgIpc) is 2.42. The van der Waals surface area contributed by atoms with Crippen LogP contribution in [-0.2, 0) is 0 Å². The van der Waals surface area contributed by atoms with E-state index in [1.54, 1.807) is 17.2 Å². The van der Waals surface area contributed by atoms with Crippen molar-refractivity contribution in [2.45, 2.75) is 19.8 Å². The zero-order chi connectivity index (χ0) is 13.4. The van der Waals surface area contributed by atoms with Gasteiger partial charge in [-0.2, -0.15) is 0 Å². The highest BCUT2D eigenvalue weighted by Gasteiger charge is 2.18. The van der Waals surface area contributed by atoms with Gasteiger partial charge in [-0.1, -0.05) is 13.3 Å². The van der Waals surface area contributed by atoms with Crippen molar-refractivity contribution in [3.63, 3.8) is 0 Å². The van der Waals surface area contributed by atoms with Crippen LogP contribution < -0.4 is 4.74 Å². The molecule has 0 atom stereocenters. The summed E-state index contributed by atoms with van der Waals surface area (Å²) in [5.41, 5.74) is 0.483. The van der Waals surface area contributed by atoms with E-state index in [9.17, 15) is 4.79 Å². The zero-order valence-electron chi connectivity index (χ0n) is 10.9. The van der Waals surface area contributed by atoms with Crippen LogP contribution in [0.3, 0.4) is 0 Å². The first-order valence-corrected chi connectivity index (χ1v) is 6.12. The van der Waals surface area contributed by atoms with Crippen molar-refractivity contribution in [1.29, 1.82) is 0 Å². The fourth-order valence-electron chi connectivity index (χ4n) is 1.67. The van der Waals surface area contributed by atoms with Crippen molar-refractivity contribution in [2.24, 2.45) is 0 Å². The van der Waals surface area contributed by atoms with E-state index < -0.39 is 0 Å². The van der Waals surface area contributed by atoms with Gasteiger partial charge in [-0.3, -0.25) is 9.78 Å². The molecule has 0 aliphatic rings. The summed E-state index contributed by atoms with van der Waals surface area (Å²) in [6, 6.07) is 1.64. The molecular weight excluding hydrogens is 232 g/mol. The number of aliphatic hydroxyl groups excluding tert-OH is 1. The van der Waals surface area contributed by atoms with Gasteiger partial charge in [-0.05, 0) is 12.5 Å². The van der Waals surface area contributed by atoms with Crippen molar-refractivity contribution in [1.82, 2.24) is 9.88 Å². The highest BCUT2D eigenvalue weighted by molar-refractivity contribution is 5.96. The van der Waals surface area contributed by atoms with Crippen molar-refractivity contribution in [3.05, 3.63) is 24.0 Å². The molecule has 0 saturated carbocycles. The maximum Gasteiger partial charge on any atom is 0.257 e. The summed E-state index contributed by atoms with van der Waals surface area (Å²) in [7, 11) is 1.51. The number of methoxy groups -OCH3 is 1. The molecule has 5 nitrogen and oxygen atoms in total. The lowest BCUT2D eigenvalue weighted by Gasteiger charge is -2.22. The first kappa shape index (κ1) is 14.4. The Labute approximate surface area is 107 Å². The number of amides is 1. The van der Waals surface area contributed by atoms with E-state index in [0.717, 1.165) is 12.8 Å². The van der Waals surface area contributed by atoms with Gasteiger partial charge in [0.05, 0.1) is 25.5 Å². The number of hydrogen-bond donors (Lipinski definition) is 1. The quantitative estimate of drug-likeness (QED) is 0.795. The average molecular weight is 252 g/mol. The standard InChI is InChI=1S/C13H20N2O3/c1-3-4-7-15(8-9-16)13(17)11-5-6-14-10-12(11)18-2/h5-6,10,16H,3-4,7-9H2,1-2H3. The molecule has 0 radical (unpaired) electrons. The first-order chi connectivity index (χ1) is 8.74. The van der Waals surface area contributed by atoms with Gasteiger partial charge in [-0.15, -0.1) is 0 Å². The van der Waals surface area contributed by atoms with E-state index in [0.29, 0.717) is 24.4 Å². The number of unbranched alkanes of at least 4 members (excludes halogenated alkanes) is 1. The summed E-state index contributed by atoms with van der Waals surface area (Å²) in [5.74, 6) is 0.332. The molecule has 100 valence electrons. The van der Waals surface area contributed by atoms with Crippen LogP contribution in [0.1, 0.15) is 30.1 Å². The minimum Gasteiger partial charge on any atom is -0.494 e. The lowest BCUT2D eigenvalue weighted by molar-refractivity contribution is 0.0716. The van der Waals surface area contributed by atoms with Crippen molar-refractivity contribution < 1.29 is 14.6 Å². The number of aromatic nitrogens is 1. The molecule has 1 rings (SSSR count). The molecule has 0 aliphatic heterocycles. The SMILES string of the molecule is CCCCN(CCO)C(=O)c1ccncc1OC. The normalized spacial score (nSPS) is 10.2. The van der Waals surface area contributed by atoms with Gasteiger partial charge in [0.1, 0.15) is 5.75 Å². The van der Waals surface area contributed by atoms with Gasteiger partial charge in [0, 0.05) is 19.3 Å². The molecule has 1 aromatic heterocycles. The molecule has 0 aliphatic carbocycles. The van der Waals surface area contributed by atoms with Gasteiger partial charge < -0.3 is 14.7 Å². The van der Waals surface area contributed by atoms with Crippen LogP contribution in [0.4, 0.5) is 0 Å². The second-order valence-corrected chi connectivity index (χ2v) is 3.95. The Hall–Kier alpha value is -1.62. The molecule has 0 aromatic carbocycles. The zero-order valence-corrected chi connectivity index (χ0v) is 10.9. The molecule has 5 heteroatoms. The largest absolute Gasteiger partial charge is 0.494 e. The minimum absolute atomic E-state index is 0.0388. The van der Waals surface area contributed by atoms with Crippen LogP contribution in [0, 0.1) is 0 Å². The van der Waals surface area contributed by atoms with Gasteiger partial charge in [-0.25, -0.2) is 0 Å². The Balaban J connectivity index is 2.86. The maximum atomic E-state index is 12.3. The lowest BCUT2D eigenvalue weighted by atomic mass is 10.2. The lowest BCUT2D eigenvalue weighted by Crippen LogP contribution is -2.34. The molecule has 1 N–H and O–H groups in total. The summed E-state index contributed by atoms with van der Waals surface area (Å²) >= 11 is 0. The minimum atomic E-state index is -0.128. The molecule has 0 spiro atoms. The van der Waals surface area contributed by atoms with Gasteiger partial charge >= 0.3 is 0 Å². The van der Waals surface area contributed by atoms with Gasteiger partial charge in [0.2, 0.25) is 0 Å². The van der Waals surface area contributed by atoms with Gasteiger partial charge in [0.25, 0.3) is 5.91 Å². The predicted molar refractivity (Wildman–Crippen MR) is 68.7 cm³/mol. The smallest absolute Gasteiger partial charge is 0.257 e. The molecule has 0 saturated heterocycles. The third kappa shape index (κ3) is 3.70. The van der Waals surface area contributed by atoms with E-state index in [-0.39, 0.29) is 12.5 Å². The molecule has 1 heterocycles. The number of carbonyl (C=O) groups excluding carboxylic acids is 1. The van der Waals surface area contributed by atoms with E-state index in [1.165, 1.54) is 13.3 Å². The van der Waals surface area contributed by atoms with Gasteiger partial charge in [0.15, 0.2) is 0 Å². The fourth-order valence-corrected chi connectivity index (χ4v) is 1.67. The predicted octanol–water partition coefficient (Wildman–Crippen LogP) is 1.32. The number of pyridine rings is 1. The van der Waals surface area contributed by atoms with Crippen molar-refractivity contribution >= 4 is 5.91 Å². The third-order valence-corrected chi connectivity index (χ3v) is 2.67. The Morgan fingerprint density at radius 1 is 1.50 bits per heavy atom. The third-order valence-electron chi connectivity index (χ3n) is 2.67. The molecular formula is C13H20N2O3. The maximum absolute atomic E-state index is 12.3. The van der Waals surface area contributed by atoms with Crippen LogP contribution >= 0.6 is 0 Å². The molecule has 1 aromatic rings. The number of aliphatic hydroxyl groups is 1. The Bertz CT molecular complexity index is 382. The Kier molecular flexibility index (Phi) is 6.14. The summed E-state index contributed by atoms with van der Waals surface area (Å²) in [6.45, 7) is 3.00. The van der Waals surface area contributed by atoms with Crippen LogP contribution in [0.25, 0.3) is 0 Å². The van der Waals surface area contributed by atoms with Crippen LogP contribution in [0.5, 0.6) is 5.75 Å². The van der Waals surface area contributed by atoms with Crippen LogP contribution in [-0.4, -0.2) is 47.7 Å². The first-order valence-electron chi connectivity index (χ1n) is 6.12. The van der Waals surface area contributed by atoms with E-state index >= 15 is 0 Å². The molecule has 0 unspecified atom stereocenters. The van der Waals surface area contributed by atoms with E-state index in [1.807, 2.05) is 0 Å². The topological polar surface area (TPSA) is 62.7 Å². The van der Waals surface area contributed by atoms with E-state index in [2.05, 4.69) is 11.9 Å². The number of nitrogens with zero attached hydrogens (tertiary/aromatic N) is 2. The Morgan fingerprint density at radius 2 is 2.28 bits per heavy atom. The van der Waals surface area contributed by atoms with E-state index in [4.69, 9.17) is 9.84 Å². The number of hydrogen-bond acceptors (Lipinski definition) is 4. The second kappa shape index (κ2) is 7.66. The number of carbonyl (C=O) groups is 1. The fraction of sp³-hybridized carbons (Fsp3) is 0.538. The number of ether oxygens (including phenoxy) is 1. The highest BCUT2D eigenvalue weighted by Crippen LogP contribution is 2.18. The second-order valence-electron chi connectivity index (χ2n) is 3.95. The summed E-state index contributed by atoms with van der Waals surface area (Å²) < 4.78 is 5.13. The summed E-state index contributed by atoms with van der Waals surface area (Å²) in [5, 5.41) is 9.02. The van der Waals surface area contributed by atoms with Crippen molar-refractivity contribution in [3.8, 4) is 5.75 Å².